The number of carbonyl (C=O) groups is 5. The van der Waals surface area contributed by atoms with Crippen molar-refractivity contribution in [2.24, 2.45) is 17.8 Å². The molecule has 2 saturated carbocycles. The van der Waals surface area contributed by atoms with Crippen molar-refractivity contribution in [3.8, 4) is 5.75 Å². The van der Waals surface area contributed by atoms with Gasteiger partial charge >= 0.3 is 0 Å². The van der Waals surface area contributed by atoms with Gasteiger partial charge in [-0.05, 0) is 62.1 Å². The first-order valence-electron chi connectivity index (χ1n) is 13.6. The van der Waals surface area contributed by atoms with Crippen LogP contribution in [0.1, 0.15) is 68.8 Å². The number of carbonyl (C=O) groups excluding carboxylic acids is 5. The number of amides is 2. The van der Waals surface area contributed by atoms with Crippen LogP contribution in [0.3, 0.4) is 0 Å². The van der Waals surface area contributed by atoms with Gasteiger partial charge in [0.25, 0.3) is 5.91 Å². The number of nitrogens with zero attached hydrogens (tertiary/aromatic N) is 1. The number of H-pyrrole nitrogens is 1. The second-order valence-corrected chi connectivity index (χ2v) is 11.0. The summed E-state index contributed by atoms with van der Waals surface area (Å²) in [6.07, 6.45) is 5.69. The Bertz CT molecular complexity index is 1280. The lowest BCUT2D eigenvalue weighted by Crippen LogP contribution is -2.54. The summed E-state index contributed by atoms with van der Waals surface area (Å²) >= 11 is 0. The average Bonchev–Trinajstić information content (AvgIpc) is 3.62. The van der Waals surface area contributed by atoms with Crippen LogP contribution in [-0.2, 0) is 19.2 Å². The molecule has 9 nitrogen and oxygen atoms in total. The highest BCUT2D eigenvalue weighted by atomic mass is 16.5. The molecule has 0 unspecified atom stereocenters. The number of fused-ring (bicyclic) bond motifs is 2. The summed E-state index contributed by atoms with van der Waals surface area (Å²) in [6.45, 7) is 1.65. The Hall–Kier alpha value is -3.49. The molecule has 2 heterocycles. The summed E-state index contributed by atoms with van der Waals surface area (Å²) in [6, 6.07) is 5.46. The molecule has 0 radical (unpaired) electrons. The molecule has 3 aliphatic rings. The number of hydrogen-bond donors (Lipinski definition) is 2. The van der Waals surface area contributed by atoms with Crippen molar-refractivity contribution in [1.29, 1.82) is 0 Å². The van der Waals surface area contributed by atoms with Crippen molar-refractivity contribution in [3.05, 3.63) is 30.0 Å². The molecule has 2 amide bonds. The fourth-order valence-corrected chi connectivity index (χ4v) is 6.75. The van der Waals surface area contributed by atoms with Gasteiger partial charge in [0.05, 0.1) is 13.2 Å². The number of hydrogen-bond acceptors (Lipinski definition) is 6. The highest BCUT2D eigenvalue weighted by Crippen LogP contribution is 2.43. The number of aromatic amines is 1. The molecule has 5 rings (SSSR count). The average molecular weight is 522 g/mol. The molecule has 1 saturated heterocycles. The zero-order valence-electron chi connectivity index (χ0n) is 22.0. The van der Waals surface area contributed by atoms with Gasteiger partial charge in [0.15, 0.2) is 5.78 Å². The topological polar surface area (TPSA) is 126 Å². The van der Waals surface area contributed by atoms with Crippen LogP contribution in [0, 0.1) is 17.8 Å². The van der Waals surface area contributed by atoms with Crippen LogP contribution in [0.4, 0.5) is 0 Å². The zero-order chi connectivity index (χ0) is 27.0. The number of methoxy groups -OCH3 is 1. The Morgan fingerprint density at radius 3 is 2.68 bits per heavy atom. The Morgan fingerprint density at radius 1 is 1.13 bits per heavy atom. The summed E-state index contributed by atoms with van der Waals surface area (Å²) in [5.41, 5.74) is 1.13. The molecule has 2 aliphatic carbocycles. The van der Waals surface area contributed by atoms with Gasteiger partial charge in [0.2, 0.25) is 11.7 Å². The minimum atomic E-state index is -1.07. The van der Waals surface area contributed by atoms with Crippen molar-refractivity contribution < 1.29 is 28.7 Å². The van der Waals surface area contributed by atoms with E-state index in [2.05, 4.69) is 10.3 Å². The van der Waals surface area contributed by atoms with Crippen LogP contribution in [0.15, 0.2) is 24.3 Å². The number of ketones is 3. The fourth-order valence-electron chi connectivity index (χ4n) is 6.75. The highest BCUT2D eigenvalue weighted by Gasteiger charge is 2.50. The van der Waals surface area contributed by atoms with Crippen LogP contribution in [0.25, 0.3) is 10.9 Å². The molecule has 1 aliphatic heterocycles. The quantitative estimate of drug-likeness (QED) is 0.514. The van der Waals surface area contributed by atoms with Gasteiger partial charge in [-0.3, -0.25) is 24.0 Å². The van der Waals surface area contributed by atoms with E-state index in [1.54, 1.807) is 18.1 Å². The van der Waals surface area contributed by atoms with E-state index in [0.29, 0.717) is 30.8 Å². The van der Waals surface area contributed by atoms with E-state index in [0.717, 1.165) is 43.0 Å². The summed E-state index contributed by atoms with van der Waals surface area (Å²) in [5, 5.41) is 3.60. The normalized spacial score (nSPS) is 25.7. The molecule has 5 atom stereocenters. The van der Waals surface area contributed by atoms with Crippen LogP contribution < -0.4 is 10.1 Å². The molecule has 9 heteroatoms. The molecule has 0 spiro atoms. The maximum absolute atomic E-state index is 13.8. The van der Waals surface area contributed by atoms with E-state index >= 15 is 0 Å². The van der Waals surface area contributed by atoms with E-state index in [1.807, 2.05) is 18.2 Å². The predicted molar refractivity (Wildman–Crippen MR) is 140 cm³/mol. The lowest BCUT2D eigenvalue weighted by molar-refractivity contribution is -0.139. The minimum absolute atomic E-state index is 0.0118. The molecule has 202 valence electrons. The first-order chi connectivity index (χ1) is 18.3. The lowest BCUT2D eigenvalue weighted by Gasteiger charge is -2.30. The Labute approximate surface area is 221 Å². The molecule has 1 aromatic heterocycles. The minimum Gasteiger partial charge on any atom is -0.496 e. The van der Waals surface area contributed by atoms with Crippen molar-refractivity contribution in [1.82, 2.24) is 15.2 Å². The van der Waals surface area contributed by atoms with E-state index in [4.69, 9.17) is 4.74 Å². The fraction of sp³-hybridized carbons (Fsp3) is 0.552. The van der Waals surface area contributed by atoms with Crippen LogP contribution in [0.2, 0.25) is 0 Å². The first kappa shape index (κ1) is 26.1. The van der Waals surface area contributed by atoms with Crippen LogP contribution >= 0.6 is 0 Å². The van der Waals surface area contributed by atoms with Gasteiger partial charge in [0, 0.05) is 36.7 Å². The molecular weight excluding hydrogens is 486 g/mol. The molecular formula is C29H35N3O6. The highest BCUT2D eigenvalue weighted by molar-refractivity contribution is 6.38. The number of likely N-dealkylation sites (tertiary alicyclic amines) is 1. The number of ether oxygens (including phenoxy) is 1. The number of benzene rings is 1. The third-order valence-corrected chi connectivity index (χ3v) is 8.68. The smallest absolute Gasteiger partial charge is 0.271 e. The predicted octanol–water partition coefficient (Wildman–Crippen LogP) is 3.21. The van der Waals surface area contributed by atoms with E-state index < -0.39 is 29.6 Å². The van der Waals surface area contributed by atoms with E-state index in [1.165, 1.54) is 6.92 Å². The van der Waals surface area contributed by atoms with Gasteiger partial charge in [-0.15, -0.1) is 0 Å². The van der Waals surface area contributed by atoms with Crippen molar-refractivity contribution >= 4 is 40.1 Å². The van der Waals surface area contributed by atoms with Gasteiger partial charge in [-0.1, -0.05) is 18.9 Å². The molecule has 0 bridgehead atoms. The third kappa shape index (κ3) is 4.86. The van der Waals surface area contributed by atoms with E-state index in [-0.39, 0.29) is 35.9 Å². The van der Waals surface area contributed by atoms with Gasteiger partial charge < -0.3 is 19.9 Å². The monoisotopic (exact) mass is 521 g/mol. The number of rotatable bonds is 8. The maximum Gasteiger partial charge on any atom is 0.271 e. The number of Topliss-reactive ketones (excluding diaryl/α,β-unsaturated/α-hetero) is 3. The number of aromatic nitrogens is 1. The molecule has 3 fully saturated rings. The number of nitrogens with one attached hydrogen (secondary N) is 2. The molecule has 2 N–H and O–H groups in total. The maximum atomic E-state index is 13.8. The van der Waals surface area contributed by atoms with Crippen molar-refractivity contribution in [2.45, 2.75) is 70.4 Å². The largest absolute Gasteiger partial charge is 0.496 e. The van der Waals surface area contributed by atoms with Crippen LogP contribution in [-0.4, -0.2) is 64.8 Å². The summed E-state index contributed by atoms with van der Waals surface area (Å²) < 4.78 is 5.43. The Kier molecular flexibility index (Phi) is 7.36. The van der Waals surface area contributed by atoms with Gasteiger partial charge in [0.1, 0.15) is 23.3 Å². The van der Waals surface area contributed by atoms with Crippen LogP contribution in [0.5, 0.6) is 5.75 Å². The first-order valence-corrected chi connectivity index (χ1v) is 13.6. The lowest BCUT2D eigenvalue weighted by atomic mass is 9.82. The third-order valence-electron chi connectivity index (χ3n) is 8.68. The zero-order valence-corrected chi connectivity index (χ0v) is 22.0. The van der Waals surface area contributed by atoms with E-state index in [9.17, 15) is 24.0 Å². The second kappa shape index (κ2) is 10.7. The summed E-state index contributed by atoms with van der Waals surface area (Å²) in [4.78, 5) is 69.6. The van der Waals surface area contributed by atoms with Gasteiger partial charge in [-0.25, -0.2) is 0 Å². The molecule has 38 heavy (non-hydrogen) atoms. The standard InChI is InChI=1S/C29H35N3O6/c1-16(33)27(35)22(13-17-7-3-4-11-24(17)34)31-28(36)26-19-9-5-8-18(19)15-32(26)29(37)23-14-20-21(30-23)10-6-12-25(20)38-2/h6,10,12,14,17-19,22,26,30H,3-5,7-9,11,13,15H2,1-2H3,(H,31,36)/t17-,18-,19-,22-,26-/m0/s1. The molecule has 1 aromatic carbocycles. The summed E-state index contributed by atoms with van der Waals surface area (Å²) in [5.74, 6) is -1.49. The molecule has 2 aromatic rings. The Balaban J connectivity index is 1.40. The summed E-state index contributed by atoms with van der Waals surface area (Å²) in [7, 11) is 1.57. The Morgan fingerprint density at radius 2 is 1.95 bits per heavy atom. The van der Waals surface area contributed by atoms with Gasteiger partial charge in [-0.2, -0.15) is 0 Å². The van der Waals surface area contributed by atoms with Crippen molar-refractivity contribution in [2.75, 3.05) is 13.7 Å². The SMILES string of the molecule is COc1cccc2[nH]c(C(=O)N3C[C@@H]4CCC[C@@H]4[C@H]3C(=O)N[C@@H](C[C@@H]3CCCCC3=O)C(=O)C(C)=O)cc12. The van der Waals surface area contributed by atoms with Crippen molar-refractivity contribution in [3.63, 3.8) is 0 Å². The second-order valence-electron chi connectivity index (χ2n) is 11.0.